The highest BCUT2D eigenvalue weighted by molar-refractivity contribution is 5.43. The van der Waals surface area contributed by atoms with Crippen LogP contribution in [0.1, 0.15) is 39.2 Å². The van der Waals surface area contributed by atoms with Crippen LogP contribution in [0.25, 0.3) is 0 Å². The first-order valence-corrected chi connectivity index (χ1v) is 8.90. The van der Waals surface area contributed by atoms with Crippen LogP contribution in [0.15, 0.2) is 42.6 Å². The van der Waals surface area contributed by atoms with Gasteiger partial charge in [0.05, 0.1) is 0 Å². The SMILES string of the molecule is CC(C)(C)Nc1nccc(N2CCC(Cc3ccccc3)CC2)n1. The average molecular weight is 324 g/mol. The van der Waals surface area contributed by atoms with Gasteiger partial charge < -0.3 is 10.2 Å². The molecule has 0 radical (unpaired) electrons. The third kappa shape index (κ3) is 4.70. The van der Waals surface area contributed by atoms with Crippen LogP contribution in [0, 0.1) is 5.92 Å². The van der Waals surface area contributed by atoms with E-state index >= 15 is 0 Å². The van der Waals surface area contributed by atoms with E-state index in [4.69, 9.17) is 4.98 Å². The Morgan fingerprint density at radius 3 is 2.46 bits per heavy atom. The third-order valence-corrected chi connectivity index (χ3v) is 4.43. The minimum Gasteiger partial charge on any atom is -0.356 e. The van der Waals surface area contributed by atoms with Gasteiger partial charge in [-0.05, 0) is 57.6 Å². The predicted octanol–water partition coefficient (Wildman–Crippen LogP) is 4.15. The van der Waals surface area contributed by atoms with Gasteiger partial charge in [-0.3, -0.25) is 0 Å². The Morgan fingerprint density at radius 1 is 1.08 bits per heavy atom. The van der Waals surface area contributed by atoms with Crippen molar-refractivity contribution in [2.45, 2.75) is 45.6 Å². The van der Waals surface area contributed by atoms with E-state index in [9.17, 15) is 0 Å². The molecule has 1 aromatic carbocycles. The van der Waals surface area contributed by atoms with Crippen molar-refractivity contribution < 1.29 is 0 Å². The fraction of sp³-hybridized carbons (Fsp3) is 0.500. The highest BCUT2D eigenvalue weighted by atomic mass is 15.2. The summed E-state index contributed by atoms with van der Waals surface area (Å²) in [5.41, 5.74) is 1.43. The predicted molar refractivity (Wildman–Crippen MR) is 100 cm³/mol. The molecule has 1 N–H and O–H groups in total. The number of benzene rings is 1. The Balaban J connectivity index is 1.57. The summed E-state index contributed by atoms with van der Waals surface area (Å²) in [6, 6.07) is 12.8. The summed E-state index contributed by atoms with van der Waals surface area (Å²) in [5, 5.41) is 3.35. The molecular formula is C20H28N4. The maximum atomic E-state index is 4.69. The molecule has 0 aliphatic carbocycles. The quantitative estimate of drug-likeness (QED) is 0.917. The lowest BCUT2D eigenvalue weighted by Gasteiger charge is -2.33. The summed E-state index contributed by atoms with van der Waals surface area (Å²) in [6.45, 7) is 8.52. The van der Waals surface area contributed by atoms with Gasteiger partial charge >= 0.3 is 0 Å². The largest absolute Gasteiger partial charge is 0.356 e. The second-order valence-corrected chi connectivity index (χ2v) is 7.73. The lowest BCUT2D eigenvalue weighted by molar-refractivity contribution is 0.402. The van der Waals surface area contributed by atoms with Gasteiger partial charge in [0.2, 0.25) is 5.95 Å². The van der Waals surface area contributed by atoms with E-state index in [1.54, 1.807) is 0 Å². The monoisotopic (exact) mass is 324 g/mol. The summed E-state index contributed by atoms with van der Waals surface area (Å²) in [7, 11) is 0. The molecule has 1 aliphatic heterocycles. The van der Waals surface area contributed by atoms with Gasteiger partial charge in [-0.15, -0.1) is 0 Å². The van der Waals surface area contributed by atoms with E-state index in [-0.39, 0.29) is 5.54 Å². The molecule has 1 aliphatic rings. The summed E-state index contributed by atoms with van der Waals surface area (Å²) in [6.07, 6.45) is 5.49. The third-order valence-electron chi connectivity index (χ3n) is 4.43. The Bertz CT molecular complexity index is 640. The van der Waals surface area contributed by atoms with Crippen molar-refractivity contribution in [2.24, 2.45) is 5.92 Å². The Hall–Kier alpha value is -2.10. The number of rotatable bonds is 4. The van der Waals surface area contributed by atoms with Crippen LogP contribution < -0.4 is 10.2 Å². The standard InChI is InChI=1S/C20H28N4/c1-20(2,3)23-19-21-12-9-18(22-19)24-13-10-17(11-14-24)15-16-7-5-4-6-8-16/h4-9,12,17H,10-11,13-15H2,1-3H3,(H,21,22,23). The first-order valence-electron chi connectivity index (χ1n) is 8.90. The number of aromatic nitrogens is 2. The Labute approximate surface area is 145 Å². The molecule has 128 valence electrons. The zero-order valence-corrected chi connectivity index (χ0v) is 15.0. The molecule has 0 atom stereocenters. The molecule has 24 heavy (non-hydrogen) atoms. The number of hydrogen-bond donors (Lipinski definition) is 1. The van der Waals surface area contributed by atoms with Crippen LogP contribution in [-0.2, 0) is 6.42 Å². The maximum absolute atomic E-state index is 4.69. The maximum Gasteiger partial charge on any atom is 0.225 e. The molecule has 1 aromatic heterocycles. The van der Waals surface area contributed by atoms with E-state index in [0.29, 0.717) is 5.95 Å². The normalized spacial score (nSPS) is 16.2. The zero-order valence-electron chi connectivity index (χ0n) is 15.0. The first-order chi connectivity index (χ1) is 11.5. The Kier molecular flexibility index (Phi) is 5.03. The highest BCUT2D eigenvalue weighted by Crippen LogP contribution is 2.25. The fourth-order valence-corrected chi connectivity index (χ4v) is 3.23. The number of piperidine rings is 1. The van der Waals surface area contributed by atoms with E-state index in [0.717, 1.165) is 24.8 Å². The zero-order chi connectivity index (χ0) is 17.0. The van der Waals surface area contributed by atoms with Gasteiger partial charge in [-0.2, -0.15) is 4.98 Å². The summed E-state index contributed by atoms with van der Waals surface area (Å²) >= 11 is 0. The van der Waals surface area contributed by atoms with Gasteiger partial charge in [0.1, 0.15) is 5.82 Å². The van der Waals surface area contributed by atoms with Crippen molar-refractivity contribution in [1.82, 2.24) is 9.97 Å². The van der Waals surface area contributed by atoms with E-state index < -0.39 is 0 Å². The van der Waals surface area contributed by atoms with Gasteiger partial charge in [-0.25, -0.2) is 4.98 Å². The van der Waals surface area contributed by atoms with Crippen molar-refractivity contribution in [1.29, 1.82) is 0 Å². The van der Waals surface area contributed by atoms with E-state index in [2.05, 4.69) is 66.3 Å². The minimum absolute atomic E-state index is 0.0265. The topological polar surface area (TPSA) is 41.1 Å². The molecule has 4 nitrogen and oxygen atoms in total. The molecule has 3 rings (SSSR count). The van der Waals surface area contributed by atoms with Gasteiger partial charge in [0, 0.05) is 24.8 Å². The number of hydrogen-bond acceptors (Lipinski definition) is 4. The van der Waals surface area contributed by atoms with Crippen LogP contribution >= 0.6 is 0 Å². The smallest absolute Gasteiger partial charge is 0.225 e. The van der Waals surface area contributed by atoms with Gasteiger partial charge in [0.25, 0.3) is 0 Å². The molecule has 0 bridgehead atoms. The molecule has 2 aromatic rings. The van der Waals surface area contributed by atoms with Crippen LogP contribution in [-0.4, -0.2) is 28.6 Å². The Morgan fingerprint density at radius 2 is 1.79 bits per heavy atom. The molecular weight excluding hydrogens is 296 g/mol. The van der Waals surface area contributed by atoms with Gasteiger partial charge in [0.15, 0.2) is 0 Å². The highest BCUT2D eigenvalue weighted by Gasteiger charge is 2.21. The summed E-state index contributed by atoms with van der Waals surface area (Å²) in [4.78, 5) is 11.4. The van der Waals surface area contributed by atoms with Crippen molar-refractivity contribution in [3.05, 3.63) is 48.2 Å². The van der Waals surface area contributed by atoms with Crippen LogP contribution in [0.3, 0.4) is 0 Å². The molecule has 1 saturated heterocycles. The van der Waals surface area contributed by atoms with Crippen molar-refractivity contribution in [2.75, 3.05) is 23.3 Å². The average Bonchev–Trinajstić information content (AvgIpc) is 2.55. The van der Waals surface area contributed by atoms with Gasteiger partial charge in [-0.1, -0.05) is 30.3 Å². The van der Waals surface area contributed by atoms with Crippen molar-refractivity contribution >= 4 is 11.8 Å². The molecule has 2 heterocycles. The second-order valence-electron chi connectivity index (χ2n) is 7.73. The summed E-state index contributed by atoms with van der Waals surface area (Å²) in [5.74, 6) is 2.53. The summed E-state index contributed by atoms with van der Waals surface area (Å²) < 4.78 is 0. The van der Waals surface area contributed by atoms with Crippen LogP contribution in [0.4, 0.5) is 11.8 Å². The second kappa shape index (κ2) is 7.20. The van der Waals surface area contributed by atoms with Crippen molar-refractivity contribution in [3.8, 4) is 0 Å². The molecule has 0 unspecified atom stereocenters. The molecule has 4 heteroatoms. The van der Waals surface area contributed by atoms with E-state index in [1.807, 2.05) is 12.3 Å². The molecule has 0 spiro atoms. The minimum atomic E-state index is -0.0265. The van der Waals surface area contributed by atoms with E-state index in [1.165, 1.54) is 24.8 Å². The number of nitrogens with zero attached hydrogens (tertiary/aromatic N) is 3. The molecule has 0 saturated carbocycles. The molecule has 0 amide bonds. The van der Waals surface area contributed by atoms with Crippen LogP contribution in [0.5, 0.6) is 0 Å². The van der Waals surface area contributed by atoms with Crippen molar-refractivity contribution in [3.63, 3.8) is 0 Å². The lowest BCUT2D eigenvalue weighted by Crippen LogP contribution is -2.35. The fourth-order valence-electron chi connectivity index (χ4n) is 3.23. The first kappa shape index (κ1) is 16.7. The van der Waals surface area contributed by atoms with Crippen LogP contribution in [0.2, 0.25) is 0 Å². The lowest BCUT2D eigenvalue weighted by atomic mass is 9.90. The molecule has 1 fully saturated rings. The number of nitrogens with one attached hydrogen (secondary N) is 1. The number of anilines is 2.